The maximum Gasteiger partial charge on any atom is 0.303 e. The van der Waals surface area contributed by atoms with Gasteiger partial charge < -0.3 is 9.64 Å². The number of nitrogens with zero attached hydrogens (tertiary/aromatic N) is 1. The van der Waals surface area contributed by atoms with E-state index in [0.29, 0.717) is 6.04 Å². The predicted octanol–water partition coefficient (Wildman–Crippen LogP) is 3.23. The van der Waals surface area contributed by atoms with Crippen molar-refractivity contribution in [1.82, 2.24) is 4.90 Å². The van der Waals surface area contributed by atoms with Crippen molar-refractivity contribution in [2.24, 2.45) is 5.92 Å². The van der Waals surface area contributed by atoms with Crippen molar-refractivity contribution in [1.29, 1.82) is 0 Å². The highest BCUT2D eigenvalue weighted by Gasteiger charge is 2.47. The first-order chi connectivity index (χ1) is 8.97. The van der Waals surface area contributed by atoms with Gasteiger partial charge in [-0.3, -0.25) is 4.79 Å². The molecule has 1 heterocycles. The molecule has 1 aromatic rings. The Hall–Kier alpha value is -1.06. The minimum absolute atomic E-state index is 0. The number of hydrogen-bond donors (Lipinski definition) is 0. The van der Waals surface area contributed by atoms with Gasteiger partial charge in [0.2, 0.25) is 0 Å². The van der Waals surface area contributed by atoms with Crippen LogP contribution in [0.5, 0.6) is 0 Å². The van der Waals surface area contributed by atoms with Crippen molar-refractivity contribution >= 4 is 18.4 Å². The van der Waals surface area contributed by atoms with Gasteiger partial charge in [-0.25, -0.2) is 0 Å². The first-order valence-electron chi connectivity index (χ1n) is 6.92. The number of carbonyl (C=O) groups excluding carboxylic acids is 1. The minimum Gasteiger partial charge on any atom is -0.454 e. The second-order valence-corrected chi connectivity index (χ2v) is 5.61. The fourth-order valence-electron chi connectivity index (χ4n) is 3.13. The van der Waals surface area contributed by atoms with Gasteiger partial charge in [-0.05, 0) is 19.5 Å². The zero-order chi connectivity index (χ0) is 14.0. The smallest absolute Gasteiger partial charge is 0.303 e. The molecule has 0 aliphatic carbocycles. The Labute approximate surface area is 127 Å². The highest BCUT2D eigenvalue weighted by atomic mass is 35.5. The largest absolute Gasteiger partial charge is 0.454 e. The second-order valence-electron chi connectivity index (χ2n) is 5.61. The van der Waals surface area contributed by atoms with E-state index in [2.05, 4.69) is 37.9 Å². The second kappa shape index (κ2) is 6.59. The summed E-state index contributed by atoms with van der Waals surface area (Å²) < 4.78 is 5.83. The Bertz CT molecular complexity index is 451. The number of halogens is 1. The van der Waals surface area contributed by atoms with Gasteiger partial charge in [-0.15, -0.1) is 12.4 Å². The van der Waals surface area contributed by atoms with Crippen LogP contribution in [-0.4, -0.2) is 30.5 Å². The molecule has 3 nitrogen and oxygen atoms in total. The monoisotopic (exact) mass is 297 g/mol. The molecule has 2 rings (SSSR count). The number of rotatable bonds is 2. The van der Waals surface area contributed by atoms with Gasteiger partial charge in [0.1, 0.15) is 5.60 Å². The van der Waals surface area contributed by atoms with E-state index in [0.717, 1.165) is 18.5 Å². The Morgan fingerprint density at radius 3 is 2.45 bits per heavy atom. The molecule has 3 atom stereocenters. The molecule has 0 amide bonds. The molecule has 1 saturated heterocycles. The van der Waals surface area contributed by atoms with Crippen LogP contribution in [0.25, 0.3) is 0 Å². The van der Waals surface area contributed by atoms with Crippen LogP contribution in [0.4, 0.5) is 0 Å². The first kappa shape index (κ1) is 17.0. The van der Waals surface area contributed by atoms with Crippen LogP contribution in [0.2, 0.25) is 0 Å². The minimum atomic E-state index is -0.487. The molecular weight excluding hydrogens is 274 g/mol. The number of benzene rings is 1. The van der Waals surface area contributed by atoms with E-state index in [4.69, 9.17) is 4.74 Å². The lowest BCUT2D eigenvalue weighted by molar-refractivity contribution is -0.176. The highest BCUT2D eigenvalue weighted by molar-refractivity contribution is 5.85. The molecule has 0 bridgehead atoms. The number of piperidine rings is 1. The molecule has 112 valence electrons. The van der Waals surface area contributed by atoms with Crippen LogP contribution in [0, 0.1) is 5.92 Å². The first-order valence-corrected chi connectivity index (χ1v) is 6.92. The molecule has 1 fully saturated rings. The Balaban J connectivity index is 0.00000200. The molecule has 0 spiro atoms. The van der Waals surface area contributed by atoms with Crippen molar-refractivity contribution < 1.29 is 9.53 Å². The van der Waals surface area contributed by atoms with Crippen LogP contribution in [0.3, 0.4) is 0 Å². The maximum atomic E-state index is 11.6. The summed E-state index contributed by atoms with van der Waals surface area (Å²) in [6.07, 6.45) is 0.846. The van der Waals surface area contributed by atoms with Gasteiger partial charge in [0.05, 0.1) is 0 Å². The average molecular weight is 298 g/mol. The number of carbonyl (C=O) groups is 1. The van der Waals surface area contributed by atoms with Crippen molar-refractivity contribution in [3.63, 3.8) is 0 Å². The molecule has 0 N–H and O–H groups in total. The molecule has 0 saturated carbocycles. The maximum absolute atomic E-state index is 11.6. The van der Waals surface area contributed by atoms with Crippen LogP contribution in [-0.2, 0) is 15.1 Å². The van der Waals surface area contributed by atoms with E-state index < -0.39 is 5.60 Å². The molecule has 0 radical (unpaired) electrons. The van der Waals surface area contributed by atoms with Gasteiger partial charge in [0.25, 0.3) is 0 Å². The van der Waals surface area contributed by atoms with E-state index in [1.54, 1.807) is 0 Å². The molecule has 4 heteroatoms. The topological polar surface area (TPSA) is 29.5 Å². The van der Waals surface area contributed by atoms with Gasteiger partial charge in [0, 0.05) is 31.8 Å². The molecule has 20 heavy (non-hydrogen) atoms. The highest BCUT2D eigenvalue weighted by Crippen LogP contribution is 2.43. The van der Waals surface area contributed by atoms with E-state index in [1.807, 2.05) is 18.2 Å². The van der Waals surface area contributed by atoms with Crippen LogP contribution >= 0.6 is 12.4 Å². The third-order valence-electron chi connectivity index (χ3n) is 4.58. The molecule has 3 unspecified atom stereocenters. The summed E-state index contributed by atoms with van der Waals surface area (Å²) in [4.78, 5) is 13.9. The summed E-state index contributed by atoms with van der Waals surface area (Å²) in [5.41, 5.74) is 0.622. The van der Waals surface area contributed by atoms with Gasteiger partial charge in [0.15, 0.2) is 0 Å². The van der Waals surface area contributed by atoms with Crippen LogP contribution in [0.15, 0.2) is 30.3 Å². The Morgan fingerprint density at radius 1 is 1.30 bits per heavy atom. The summed E-state index contributed by atoms with van der Waals surface area (Å²) in [6, 6.07) is 10.5. The van der Waals surface area contributed by atoms with Crippen molar-refractivity contribution in [3.05, 3.63) is 35.9 Å². The Kier molecular flexibility index (Phi) is 5.60. The lowest BCUT2D eigenvalue weighted by Gasteiger charge is -2.49. The zero-order valence-electron chi connectivity index (χ0n) is 12.6. The Morgan fingerprint density at radius 2 is 1.90 bits per heavy atom. The molecule has 1 aromatic carbocycles. The average Bonchev–Trinajstić information content (AvgIpc) is 2.40. The number of esters is 1. The van der Waals surface area contributed by atoms with E-state index >= 15 is 0 Å². The van der Waals surface area contributed by atoms with Crippen molar-refractivity contribution in [2.45, 2.75) is 38.8 Å². The van der Waals surface area contributed by atoms with E-state index in [9.17, 15) is 4.79 Å². The summed E-state index contributed by atoms with van der Waals surface area (Å²) in [7, 11) is 2.13. The number of likely N-dealkylation sites (tertiary alicyclic amines) is 1. The SMILES string of the molecule is CC(=O)OC1(c2ccccc2)CCN(C)C(C)C1C.Cl. The van der Waals surface area contributed by atoms with Crippen molar-refractivity contribution in [3.8, 4) is 0 Å². The number of ether oxygens (including phenoxy) is 1. The van der Waals surface area contributed by atoms with E-state index in [-0.39, 0.29) is 24.3 Å². The molecule has 0 aromatic heterocycles. The molecular formula is C16H24ClNO2. The van der Waals surface area contributed by atoms with Gasteiger partial charge in [-0.2, -0.15) is 0 Å². The third-order valence-corrected chi connectivity index (χ3v) is 4.58. The van der Waals surface area contributed by atoms with Crippen molar-refractivity contribution in [2.75, 3.05) is 13.6 Å². The number of hydrogen-bond acceptors (Lipinski definition) is 3. The normalized spacial score (nSPS) is 30.4. The summed E-state index contributed by atoms with van der Waals surface area (Å²) >= 11 is 0. The standard InChI is InChI=1S/C16H23NO2.ClH/c1-12-13(2)17(4)11-10-16(12,19-14(3)18)15-8-6-5-7-9-15;/h5-9,12-13H,10-11H2,1-4H3;1H. The van der Waals surface area contributed by atoms with Gasteiger partial charge >= 0.3 is 5.97 Å². The zero-order valence-corrected chi connectivity index (χ0v) is 13.4. The lowest BCUT2D eigenvalue weighted by Crippen LogP contribution is -2.54. The summed E-state index contributed by atoms with van der Waals surface area (Å²) in [6.45, 7) is 6.81. The summed E-state index contributed by atoms with van der Waals surface area (Å²) in [5.74, 6) is 0.0602. The van der Waals surface area contributed by atoms with Gasteiger partial charge in [-0.1, -0.05) is 37.3 Å². The van der Waals surface area contributed by atoms with Crippen LogP contribution < -0.4 is 0 Å². The van der Waals surface area contributed by atoms with E-state index in [1.165, 1.54) is 6.92 Å². The van der Waals surface area contributed by atoms with Crippen LogP contribution in [0.1, 0.15) is 32.8 Å². The fraction of sp³-hybridized carbons (Fsp3) is 0.562. The summed E-state index contributed by atoms with van der Waals surface area (Å²) in [5, 5.41) is 0. The lowest BCUT2D eigenvalue weighted by atomic mass is 9.73. The quantitative estimate of drug-likeness (QED) is 0.785. The fourth-order valence-corrected chi connectivity index (χ4v) is 3.13. The molecule has 1 aliphatic heterocycles. The molecule has 1 aliphatic rings. The predicted molar refractivity (Wildman–Crippen MR) is 83.0 cm³/mol. The third kappa shape index (κ3) is 2.99.